The Morgan fingerprint density at radius 2 is 2.24 bits per heavy atom. The monoisotopic (exact) mass is 360 g/mol. The van der Waals surface area contributed by atoms with Crippen molar-refractivity contribution in [2.45, 2.75) is 12.5 Å². The van der Waals surface area contributed by atoms with Gasteiger partial charge in [-0.1, -0.05) is 17.7 Å². The molecule has 1 aromatic carbocycles. The van der Waals surface area contributed by atoms with Crippen LogP contribution in [-0.4, -0.2) is 44.6 Å². The van der Waals surface area contributed by atoms with Crippen LogP contribution in [-0.2, 0) is 0 Å². The molecule has 1 N–H and O–H groups in total. The first-order chi connectivity index (χ1) is 12.1. The Labute approximate surface area is 149 Å². The van der Waals surface area contributed by atoms with Gasteiger partial charge < -0.3 is 5.32 Å². The van der Waals surface area contributed by atoms with E-state index in [0.29, 0.717) is 17.4 Å². The Kier molecular flexibility index (Phi) is 4.27. The topological polar surface area (TPSA) is 58.4 Å². The van der Waals surface area contributed by atoms with Crippen LogP contribution in [0.3, 0.4) is 0 Å². The third-order valence-electron chi connectivity index (χ3n) is 4.79. The summed E-state index contributed by atoms with van der Waals surface area (Å²) in [5, 5.41) is 7.65. The van der Waals surface area contributed by atoms with Crippen molar-refractivity contribution < 1.29 is 4.39 Å². The lowest BCUT2D eigenvalue weighted by Crippen LogP contribution is -2.25. The fourth-order valence-electron chi connectivity index (χ4n) is 3.57. The van der Waals surface area contributed by atoms with Crippen molar-refractivity contribution in [2.24, 2.45) is 5.92 Å². The quantitative estimate of drug-likeness (QED) is 0.775. The molecule has 0 bridgehead atoms. The van der Waals surface area contributed by atoms with Gasteiger partial charge in [-0.3, -0.25) is 4.90 Å². The molecule has 1 saturated heterocycles. The van der Waals surface area contributed by atoms with E-state index in [9.17, 15) is 4.39 Å². The van der Waals surface area contributed by atoms with Gasteiger partial charge in [0, 0.05) is 25.0 Å². The molecule has 1 aliphatic heterocycles. The summed E-state index contributed by atoms with van der Waals surface area (Å²) in [7, 11) is 2.06. The highest BCUT2D eigenvalue weighted by Crippen LogP contribution is 2.37. The van der Waals surface area contributed by atoms with Crippen molar-refractivity contribution in [2.75, 3.05) is 25.5 Å². The summed E-state index contributed by atoms with van der Waals surface area (Å²) in [6.45, 7) is 1.68. The lowest BCUT2D eigenvalue weighted by molar-refractivity contribution is 0.281. The zero-order valence-electron chi connectivity index (χ0n) is 13.7. The Bertz CT molecular complexity index is 898. The lowest BCUT2D eigenvalue weighted by atomic mass is 9.93. The van der Waals surface area contributed by atoms with Crippen LogP contribution in [0.1, 0.15) is 18.0 Å². The summed E-state index contributed by atoms with van der Waals surface area (Å²) in [4.78, 5) is 10.8. The Hall–Kier alpha value is -2.25. The first-order valence-corrected chi connectivity index (χ1v) is 8.54. The maximum atomic E-state index is 13.9. The molecular weight excluding hydrogens is 343 g/mol. The summed E-state index contributed by atoms with van der Waals surface area (Å²) in [5.41, 5.74) is 1.64. The summed E-state index contributed by atoms with van der Waals surface area (Å²) in [6, 6.07) is 5.21. The molecule has 2 atom stereocenters. The van der Waals surface area contributed by atoms with E-state index in [-0.39, 0.29) is 16.9 Å². The van der Waals surface area contributed by atoms with Gasteiger partial charge in [-0.05, 0) is 43.6 Å². The number of halogens is 2. The van der Waals surface area contributed by atoms with Crippen molar-refractivity contribution in [1.82, 2.24) is 24.5 Å². The second kappa shape index (κ2) is 6.57. The predicted octanol–water partition coefficient (Wildman–Crippen LogP) is 3.02. The van der Waals surface area contributed by atoms with Gasteiger partial charge in [0.05, 0.1) is 5.02 Å². The molecule has 25 heavy (non-hydrogen) atoms. The third-order valence-corrected chi connectivity index (χ3v) is 5.09. The van der Waals surface area contributed by atoms with Crippen LogP contribution in [0.25, 0.3) is 5.65 Å². The fraction of sp³-hybridized carbons (Fsp3) is 0.353. The second-order valence-electron chi connectivity index (χ2n) is 6.33. The standard InChI is InChI=1S/C17H18ClFN6/c1-24-6-4-12(15(24)11-2-3-13(18)14(19)8-11)9-21-16-17-22-10-23-25(17)7-5-20-16/h2-3,5,7-8,10,12,15H,4,6,9H2,1H3,(H,20,21). The Morgan fingerprint density at radius 1 is 1.36 bits per heavy atom. The molecule has 2 aromatic heterocycles. The molecule has 0 amide bonds. The molecule has 1 fully saturated rings. The van der Waals surface area contributed by atoms with Crippen LogP contribution >= 0.6 is 11.6 Å². The maximum Gasteiger partial charge on any atom is 0.198 e. The number of hydrogen-bond donors (Lipinski definition) is 1. The average Bonchev–Trinajstić information content (AvgIpc) is 3.22. The summed E-state index contributed by atoms with van der Waals surface area (Å²) < 4.78 is 15.6. The van der Waals surface area contributed by atoms with E-state index < -0.39 is 0 Å². The van der Waals surface area contributed by atoms with Crippen LogP contribution in [0.4, 0.5) is 10.2 Å². The molecule has 1 aliphatic rings. The highest BCUT2D eigenvalue weighted by Gasteiger charge is 2.33. The SMILES string of the molecule is CN1CCC(CNc2nccn3ncnc23)C1c1ccc(Cl)c(F)c1. The molecule has 6 nitrogen and oxygen atoms in total. The van der Waals surface area contributed by atoms with Crippen LogP contribution in [0.2, 0.25) is 5.02 Å². The van der Waals surface area contributed by atoms with Crippen LogP contribution in [0, 0.1) is 11.7 Å². The van der Waals surface area contributed by atoms with Crippen molar-refractivity contribution >= 4 is 23.1 Å². The van der Waals surface area contributed by atoms with E-state index in [1.807, 2.05) is 6.07 Å². The minimum absolute atomic E-state index is 0.136. The maximum absolute atomic E-state index is 13.9. The van der Waals surface area contributed by atoms with Crippen molar-refractivity contribution in [3.8, 4) is 0 Å². The highest BCUT2D eigenvalue weighted by atomic mass is 35.5. The smallest absolute Gasteiger partial charge is 0.198 e. The molecular formula is C17H18ClFN6. The van der Waals surface area contributed by atoms with E-state index in [2.05, 4.69) is 32.3 Å². The van der Waals surface area contributed by atoms with Gasteiger partial charge in [0.15, 0.2) is 11.5 Å². The molecule has 4 rings (SSSR count). The van der Waals surface area contributed by atoms with Gasteiger partial charge in [-0.2, -0.15) is 5.10 Å². The largest absolute Gasteiger partial charge is 0.367 e. The lowest BCUT2D eigenvalue weighted by Gasteiger charge is -2.26. The normalized spacial score (nSPS) is 21.1. The molecule has 3 heterocycles. The summed E-state index contributed by atoms with van der Waals surface area (Å²) >= 11 is 5.82. The minimum Gasteiger partial charge on any atom is -0.367 e. The Balaban J connectivity index is 1.54. The number of fused-ring (bicyclic) bond motifs is 1. The van der Waals surface area contributed by atoms with Gasteiger partial charge in [-0.25, -0.2) is 18.9 Å². The van der Waals surface area contributed by atoms with Gasteiger partial charge in [-0.15, -0.1) is 0 Å². The number of nitrogens with zero attached hydrogens (tertiary/aromatic N) is 5. The molecule has 0 saturated carbocycles. The predicted molar refractivity (Wildman–Crippen MR) is 94.2 cm³/mol. The van der Waals surface area contributed by atoms with Crippen LogP contribution in [0.5, 0.6) is 0 Å². The van der Waals surface area contributed by atoms with E-state index in [0.717, 1.165) is 25.1 Å². The number of aromatic nitrogens is 4. The van der Waals surface area contributed by atoms with E-state index in [4.69, 9.17) is 11.6 Å². The zero-order chi connectivity index (χ0) is 17.4. The molecule has 0 aliphatic carbocycles. The molecule has 3 aromatic rings. The van der Waals surface area contributed by atoms with Crippen molar-refractivity contribution in [3.05, 3.63) is 53.3 Å². The number of likely N-dealkylation sites (tertiary alicyclic amines) is 1. The first kappa shape index (κ1) is 16.2. The van der Waals surface area contributed by atoms with Crippen LogP contribution < -0.4 is 5.32 Å². The zero-order valence-corrected chi connectivity index (χ0v) is 14.5. The highest BCUT2D eigenvalue weighted by molar-refractivity contribution is 6.30. The fourth-order valence-corrected chi connectivity index (χ4v) is 3.69. The van der Waals surface area contributed by atoms with E-state index in [1.54, 1.807) is 29.0 Å². The average molecular weight is 361 g/mol. The van der Waals surface area contributed by atoms with Crippen molar-refractivity contribution in [3.63, 3.8) is 0 Å². The first-order valence-electron chi connectivity index (χ1n) is 8.17. The Morgan fingerprint density at radius 3 is 3.08 bits per heavy atom. The minimum atomic E-state index is -0.374. The molecule has 130 valence electrons. The van der Waals surface area contributed by atoms with Gasteiger partial charge >= 0.3 is 0 Å². The molecule has 0 spiro atoms. The van der Waals surface area contributed by atoms with E-state index >= 15 is 0 Å². The second-order valence-corrected chi connectivity index (χ2v) is 6.74. The molecule has 8 heteroatoms. The number of nitrogens with one attached hydrogen (secondary N) is 1. The van der Waals surface area contributed by atoms with E-state index in [1.165, 1.54) is 6.33 Å². The van der Waals surface area contributed by atoms with Gasteiger partial charge in [0.2, 0.25) is 0 Å². The third kappa shape index (κ3) is 3.05. The summed E-state index contributed by atoms with van der Waals surface area (Å²) in [6.07, 6.45) is 5.98. The summed E-state index contributed by atoms with van der Waals surface area (Å²) in [5.74, 6) is 0.659. The number of benzene rings is 1. The number of rotatable bonds is 4. The van der Waals surface area contributed by atoms with Gasteiger partial charge in [0.25, 0.3) is 0 Å². The molecule has 0 radical (unpaired) electrons. The number of hydrogen-bond acceptors (Lipinski definition) is 5. The number of anilines is 1. The van der Waals surface area contributed by atoms with Crippen LogP contribution in [0.15, 0.2) is 36.9 Å². The molecule has 2 unspecified atom stereocenters. The van der Waals surface area contributed by atoms with Crippen molar-refractivity contribution in [1.29, 1.82) is 0 Å². The van der Waals surface area contributed by atoms with Gasteiger partial charge in [0.1, 0.15) is 12.1 Å².